The molecule has 1 amide bonds. The lowest BCUT2D eigenvalue weighted by Crippen LogP contribution is -2.45. The number of amides is 1. The molecular formula is C13H20F3NO3. The first-order valence-corrected chi connectivity index (χ1v) is 6.74. The van der Waals surface area contributed by atoms with E-state index in [1.54, 1.807) is 6.92 Å². The number of carboxylic acid groups (broad SMARTS) is 1. The van der Waals surface area contributed by atoms with Crippen LogP contribution in [0.1, 0.15) is 39.0 Å². The Kier molecular flexibility index (Phi) is 5.42. The van der Waals surface area contributed by atoms with Crippen molar-refractivity contribution in [1.82, 2.24) is 4.90 Å². The third-order valence-electron chi connectivity index (χ3n) is 4.03. The minimum absolute atomic E-state index is 0.0579. The van der Waals surface area contributed by atoms with Crippen LogP contribution in [0.15, 0.2) is 0 Å². The van der Waals surface area contributed by atoms with Crippen LogP contribution in [0.3, 0.4) is 0 Å². The number of carbonyl (C=O) groups excluding carboxylic acids is 1. The fourth-order valence-electron chi connectivity index (χ4n) is 2.72. The maximum absolute atomic E-state index is 12.5. The lowest BCUT2D eigenvalue weighted by atomic mass is 9.81. The average Bonchev–Trinajstić information content (AvgIpc) is 2.37. The Labute approximate surface area is 115 Å². The molecule has 1 N–H and O–H groups in total. The Balaban J connectivity index is 2.60. The molecule has 20 heavy (non-hydrogen) atoms. The van der Waals surface area contributed by atoms with E-state index in [0.717, 1.165) is 4.90 Å². The van der Waals surface area contributed by atoms with Gasteiger partial charge in [0.05, 0.1) is 5.92 Å². The highest BCUT2D eigenvalue weighted by atomic mass is 19.4. The third kappa shape index (κ3) is 3.86. The van der Waals surface area contributed by atoms with E-state index in [1.807, 2.05) is 0 Å². The van der Waals surface area contributed by atoms with E-state index in [-0.39, 0.29) is 38.0 Å². The highest BCUT2D eigenvalue weighted by Crippen LogP contribution is 2.40. The second kappa shape index (κ2) is 6.45. The lowest BCUT2D eigenvalue weighted by Gasteiger charge is -2.33. The van der Waals surface area contributed by atoms with E-state index in [1.165, 1.54) is 7.05 Å². The van der Waals surface area contributed by atoms with Gasteiger partial charge in [-0.25, -0.2) is 4.79 Å². The lowest BCUT2D eigenvalue weighted by molar-refractivity contribution is -0.185. The number of hydrogen-bond donors (Lipinski definition) is 1. The number of hydrogen-bond acceptors (Lipinski definition) is 2. The molecule has 1 aliphatic carbocycles. The van der Waals surface area contributed by atoms with Gasteiger partial charge in [0.25, 0.3) is 0 Å². The Morgan fingerprint density at radius 1 is 1.25 bits per heavy atom. The van der Waals surface area contributed by atoms with Gasteiger partial charge in [0.1, 0.15) is 6.04 Å². The van der Waals surface area contributed by atoms with Crippen LogP contribution in [0.5, 0.6) is 0 Å². The fourth-order valence-corrected chi connectivity index (χ4v) is 2.72. The molecular weight excluding hydrogens is 275 g/mol. The molecule has 7 heteroatoms. The van der Waals surface area contributed by atoms with Crippen molar-refractivity contribution in [3.05, 3.63) is 0 Å². The normalized spacial score (nSPS) is 25.1. The predicted molar refractivity (Wildman–Crippen MR) is 66.0 cm³/mol. The minimum atomic E-state index is -4.20. The topological polar surface area (TPSA) is 57.6 Å². The summed E-state index contributed by atoms with van der Waals surface area (Å²) < 4.78 is 37.6. The van der Waals surface area contributed by atoms with Crippen LogP contribution in [0, 0.1) is 11.8 Å². The summed E-state index contributed by atoms with van der Waals surface area (Å²) in [6.07, 6.45) is -3.70. The van der Waals surface area contributed by atoms with Crippen molar-refractivity contribution in [3.8, 4) is 0 Å². The van der Waals surface area contributed by atoms with Crippen LogP contribution in [-0.4, -0.2) is 41.1 Å². The van der Waals surface area contributed by atoms with Crippen molar-refractivity contribution >= 4 is 11.9 Å². The number of carbonyl (C=O) groups is 2. The summed E-state index contributed by atoms with van der Waals surface area (Å²) in [6, 6.07) is -0.914. The summed E-state index contributed by atoms with van der Waals surface area (Å²) in [6.45, 7) is 1.66. The predicted octanol–water partition coefficient (Wildman–Crippen LogP) is 2.68. The molecule has 0 heterocycles. The van der Waals surface area contributed by atoms with Gasteiger partial charge in [-0.2, -0.15) is 13.2 Å². The third-order valence-corrected chi connectivity index (χ3v) is 4.03. The van der Waals surface area contributed by atoms with Crippen molar-refractivity contribution in [2.24, 2.45) is 11.8 Å². The molecule has 0 aromatic rings. The highest BCUT2D eigenvalue weighted by Gasteiger charge is 2.43. The summed E-state index contributed by atoms with van der Waals surface area (Å²) in [7, 11) is 1.40. The Hall–Kier alpha value is -1.27. The average molecular weight is 295 g/mol. The first kappa shape index (κ1) is 16.8. The Morgan fingerprint density at radius 2 is 1.75 bits per heavy atom. The van der Waals surface area contributed by atoms with Crippen molar-refractivity contribution < 1.29 is 27.9 Å². The number of halogens is 3. The molecule has 0 bridgehead atoms. The molecule has 0 aromatic carbocycles. The fraction of sp³-hybridized carbons (Fsp3) is 0.846. The molecule has 1 saturated carbocycles. The molecule has 1 atom stereocenters. The second-order valence-electron chi connectivity index (χ2n) is 5.30. The van der Waals surface area contributed by atoms with Crippen molar-refractivity contribution in [3.63, 3.8) is 0 Å². The monoisotopic (exact) mass is 295 g/mol. The molecule has 4 nitrogen and oxygen atoms in total. The van der Waals surface area contributed by atoms with Crippen LogP contribution in [0.25, 0.3) is 0 Å². The van der Waals surface area contributed by atoms with Crippen molar-refractivity contribution in [1.29, 1.82) is 0 Å². The summed E-state index contributed by atoms with van der Waals surface area (Å²) in [5, 5.41) is 9.00. The number of nitrogens with zero attached hydrogens (tertiary/aromatic N) is 1. The van der Waals surface area contributed by atoms with E-state index in [2.05, 4.69) is 0 Å². The zero-order chi connectivity index (χ0) is 15.5. The van der Waals surface area contributed by atoms with Gasteiger partial charge in [0.2, 0.25) is 5.91 Å². The van der Waals surface area contributed by atoms with Gasteiger partial charge in [-0.15, -0.1) is 0 Å². The smallest absolute Gasteiger partial charge is 0.391 e. The maximum atomic E-state index is 12.5. The quantitative estimate of drug-likeness (QED) is 0.867. The van der Waals surface area contributed by atoms with Gasteiger partial charge in [0, 0.05) is 13.0 Å². The zero-order valence-corrected chi connectivity index (χ0v) is 11.6. The molecule has 0 aromatic heterocycles. The number of carboxylic acids is 1. The standard InChI is InChI=1S/C13H20F3NO3/c1-3-10(12(19)20)17(2)11(18)8-4-6-9(7-5-8)13(14,15)16/h8-10H,3-7H2,1-2H3,(H,19,20). The van der Waals surface area contributed by atoms with Gasteiger partial charge in [-0.1, -0.05) is 6.92 Å². The summed E-state index contributed by atoms with van der Waals surface area (Å²) >= 11 is 0. The van der Waals surface area contributed by atoms with Gasteiger partial charge >= 0.3 is 12.1 Å². The van der Waals surface area contributed by atoms with Crippen LogP contribution >= 0.6 is 0 Å². The molecule has 1 aliphatic rings. The van der Waals surface area contributed by atoms with E-state index in [9.17, 15) is 22.8 Å². The molecule has 0 aliphatic heterocycles. The van der Waals surface area contributed by atoms with Crippen molar-refractivity contribution in [2.45, 2.75) is 51.2 Å². The van der Waals surface area contributed by atoms with Crippen molar-refractivity contribution in [2.75, 3.05) is 7.05 Å². The summed E-state index contributed by atoms with van der Waals surface area (Å²) in [5.41, 5.74) is 0. The van der Waals surface area contributed by atoms with E-state index in [4.69, 9.17) is 5.11 Å². The minimum Gasteiger partial charge on any atom is -0.480 e. The van der Waals surface area contributed by atoms with E-state index in [0.29, 0.717) is 0 Å². The zero-order valence-electron chi connectivity index (χ0n) is 11.6. The van der Waals surface area contributed by atoms with E-state index < -0.39 is 30.0 Å². The SMILES string of the molecule is CCC(C(=O)O)N(C)C(=O)C1CCC(C(F)(F)F)CC1. The number of aliphatic carboxylic acids is 1. The van der Waals surface area contributed by atoms with Gasteiger partial charge in [0.15, 0.2) is 0 Å². The molecule has 0 radical (unpaired) electrons. The second-order valence-corrected chi connectivity index (χ2v) is 5.30. The molecule has 1 fully saturated rings. The van der Waals surface area contributed by atoms with Crippen LogP contribution in [0.2, 0.25) is 0 Å². The maximum Gasteiger partial charge on any atom is 0.391 e. The molecule has 0 spiro atoms. The molecule has 0 saturated heterocycles. The first-order chi connectivity index (χ1) is 9.18. The van der Waals surface area contributed by atoms with E-state index >= 15 is 0 Å². The first-order valence-electron chi connectivity index (χ1n) is 6.74. The molecule has 1 unspecified atom stereocenters. The summed E-state index contributed by atoms with van der Waals surface area (Å²) in [5.74, 6) is -3.28. The molecule has 116 valence electrons. The number of alkyl halides is 3. The Bertz CT molecular complexity index is 362. The van der Waals surface area contributed by atoms with Crippen LogP contribution in [-0.2, 0) is 9.59 Å². The van der Waals surface area contributed by atoms with Crippen LogP contribution < -0.4 is 0 Å². The van der Waals surface area contributed by atoms with Gasteiger partial charge in [-0.05, 0) is 32.1 Å². The van der Waals surface area contributed by atoms with Gasteiger partial charge in [-0.3, -0.25) is 4.79 Å². The van der Waals surface area contributed by atoms with Gasteiger partial charge < -0.3 is 10.0 Å². The molecule has 1 rings (SSSR count). The number of likely N-dealkylation sites (N-methyl/N-ethyl adjacent to an activating group) is 1. The number of rotatable bonds is 4. The summed E-state index contributed by atoms with van der Waals surface area (Å²) in [4.78, 5) is 24.3. The largest absolute Gasteiger partial charge is 0.480 e. The van der Waals surface area contributed by atoms with Crippen LogP contribution in [0.4, 0.5) is 13.2 Å². The Morgan fingerprint density at radius 3 is 2.10 bits per heavy atom. The highest BCUT2D eigenvalue weighted by molar-refractivity contribution is 5.84.